The van der Waals surface area contributed by atoms with E-state index in [2.05, 4.69) is 10.3 Å². The zero-order valence-corrected chi connectivity index (χ0v) is 14.3. The van der Waals surface area contributed by atoms with Crippen LogP contribution in [0.1, 0.15) is 12.5 Å². The fourth-order valence-corrected chi connectivity index (χ4v) is 3.67. The molecule has 0 amide bonds. The molecule has 0 aliphatic rings. The Hall–Kier alpha value is -2.60. The molecular formula is C18H18N2O3S. The van der Waals surface area contributed by atoms with E-state index in [1.54, 1.807) is 30.3 Å². The van der Waals surface area contributed by atoms with Crippen molar-refractivity contribution in [2.45, 2.75) is 23.8 Å². The van der Waals surface area contributed by atoms with Crippen molar-refractivity contribution in [2.24, 2.45) is 0 Å². The Bertz CT molecular complexity index is 947. The molecule has 0 atom stereocenters. The first-order valence-corrected chi connectivity index (χ1v) is 9.12. The van der Waals surface area contributed by atoms with Gasteiger partial charge in [0.05, 0.1) is 4.90 Å². The van der Waals surface area contributed by atoms with E-state index in [9.17, 15) is 8.42 Å². The van der Waals surface area contributed by atoms with Gasteiger partial charge in [-0.05, 0) is 38.1 Å². The van der Waals surface area contributed by atoms with Crippen LogP contribution in [-0.4, -0.2) is 19.9 Å². The van der Waals surface area contributed by atoms with Gasteiger partial charge >= 0.3 is 0 Å². The van der Waals surface area contributed by atoms with Crippen molar-refractivity contribution < 1.29 is 12.8 Å². The summed E-state index contributed by atoms with van der Waals surface area (Å²) in [5.41, 5.74) is 1.78. The van der Waals surface area contributed by atoms with Crippen molar-refractivity contribution in [3.8, 4) is 11.5 Å². The number of aryl methyl sites for hydroxylation is 1. The summed E-state index contributed by atoms with van der Waals surface area (Å²) < 4.78 is 31.5. The molecule has 0 radical (unpaired) electrons. The summed E-state index contributed by atoms with van der Waals surface area (Å²) in [6.45, 7) is 4.35. The molecule has 1 aromatic heterocycles. The molecule has 0 unspecified atom stereocenters. The van der Waals surface area contributed by atoms with Crippen LogP contribution in [0.15, 0.2) is 68.9 Å². The van der Waals surface area contributed by atoms with Gasteiger partial charge in [0.1, 0.15) is 0 Å². The van der Waals surface area contributed by atoms with Crippen molar-refractivity contribution in [3.63, 3.8) is 0 Å². The summed E-state index contributed by atoms with van der Waals surface area (Å²) in [5.74, 6) is 0.446. The first-order valence-electron chi connectivity index (χ1n) is 7.64. The second kappa shape index (κ2) is 6.49. The molecule has 0 aliphatic carbocycles. The lowest BCUT2D eigenvalue weighted by Crippen LogP contribution is -2.06. The number of anilines is 1. The van der Waals surface area contributed by atoms with Gasteiger partial charge in [-0.3, -0.25) is 0 Å². The highest BCUT2D eigenvalue weighted by molar-refractivity contribution is 7.91. The summed E-state index contributed by atoms with van der Waals surface area (Å²) in [6, 6.07) is 15.8. The largest absolute Gasteiger partial charge is 0.419 e. The molecule has 24 heavy (non-hydrogen) atoms. The summed E-state index contributed by atoms with van der Waals surface area (Å²) in [4.78, 5) is 4.46. The molecule has 3 rings (SSSR count). The molecule has 0 saturated heterocycles. The molecule has 1 N–H and O–H groups in total. The second-order valence-corrected chi connectivity index (χ2v) is 7.23. The number of rotatable bonds is 5. The van der Waals surface area contributed by atoms with Crippen molar-refractivity contribution in [1.82, 2.24) is 4.98 Å². The van der Waals surface area contributed by atoms with Gasteiger partial charge in [0, 0.05) is 12.1 Å². The number of sulfone groups is 1. The van der Waals surface area contributed by atoms with Crippen molar-refractivity contribution in [1.29, 1.82) is 0 Å². The summed E-state index contributed by atoms with van der Waals surface area (Å²) in [5, 5.41) is 2.86. The van der Waals surface area contributed by atoms with Gasteiger partial charge < -0.3 is 9.73 Å². The predicted octanol–water partition coefficient (Wildman–Crippen LogP) is 3.91. The topological polar surface area (TPSA) is 72.2 Å². The molecule has 0 saturated carbocycles. The normalized spacial score (nSPS) is 11.4. The van der Waals surface area contributed by atoms with Gasteiger partial charge in [0.15, 0.2) is 0 Å². The predicted molar refractivity (Wildman–Crippen MR) is 92.7 cm³/mol. The van der Waals surface area contributed by atoms with E-state index in [-0.39, 0.29) is 21.7 Å². The summed E-state index contributed by atoms with van der Waals surface area (Å²) in [7, 11) is -3.76. The molecule has 2 aromatic carbocycles. The quantitative estimate of drug-likeness (QED) is 0.761. The summed E-state index contributed by atoms with van der Waals surface area (Å²) in [6.07, 6.45) is 0. The van der Waals surface area contributed by atoms with Crippen LogP contribution in [0.4, 0.5) is 5.88 Å². The van der Waals surface area contributed by atoms with Crippen molar-refractivity contribution in [2.75, 3.05) is 11.9 Å². The van der Waals surface area contributed by atoms with E-state index in [1.165, 1.54) is 0 Å². The number of hydrogen-bond donors (Lipinski definition) is 1. The average molecular weight is 342 g/mol. The first-order chi connectivity index (χ1) is 11.5. The number of benzene rings is 2. The van der Waals surface area contributed by atoms with E-state index in [0.29, 0.717) is 6.54 Å². The van der Waals surface area contributed by atoms with Crippen molar-refractivity contribution in [3.05, 3.63) is 60.2 Å². The average Bonchev–Trinajstić information content (AvgIpc) is 3.01. The van der Waals surface area contributed by atoms with E-state index in [1.807, 2.05) is 38.1 Å². The van der Waals surface area contributed by atoms with E-state index < -0.39 is 9.84 Å². The zero-order chi connectivity index (χ0) is 17.2. The number of aromatic nitrogens is 1. The SMILES string of the molecule is CCNc1oc(-c2cccc(C)c2)nc1S(=O)(=O)c1ccccc1. The Morgan fingerprint density at radius 3 is 2.50 bits per heavy atom. The monoisotopic (exact) mass is 342 g/mol. The Morgan fingerprint density at radius 2 is 1.83 bits per heavy atom. The molecule has 0 bridgehead atoms. The minimum absolute atomic E-state index is 0.0907. The van der Waals surface area contributed by atoms with E-state index in [0.717, 1.165) is 11.1 Å². The summed E-state index contributed by atoms with van der Waals surface area (Å²) >= 11 is 0. The maximum Gasteiger partial charge on any atom is 0.233 e. The molecule has 124 valence electrons. The highest BCUT2D eigenvalue weighted by Gasteiger charge is 2.28. The van der Waals surface area contributed by atoms with Crippen LogP contribution in [0.25, 0.3) is 11.5 Å². The third-order valence-corrected chi connectivity index (χ3v) is 5.19. The van der Waals surface area contributed by atoms with Gasteiger partial charge in [0.25, 0.3) is 0 Å². The molecular weight excluding hydrogens is 324 g/mol. The molecule has 0 spiro atoms. The van der Waals surface area contributed by atoms with Crippen LogP contribution in [0.3, 0.4) is 0 Å². The minimum atomic E-state index is -3.76. The molecule has 5 nitrogen and oxygen atoms in total. The lowest BCUT2D eigenvalue weighted by Gasteiger charge is -2.03. The molecule has 0 aliphatic heterocycles. The number of nitrogens with zero attached hydrogens (tertiary/aromatic N) is 1. The third-order valence-electron chi connectivity index (χ3n) is 3.51. The first kappa shape index (κ1) is 16.3. The Morgan fingerprint density at radius 1 is 1.08 bits per heavy atom. The Kier molecular flexibility index (Phi) is 4.40. The van der Waals surface area contributed by atoms with Gasteiger partial charge in [-0.1, -0.05) is 35.9 Å². The highest BCUT2D eigenvalue weighted by Crippen LogP contribution is 2.32. The maximum absolute atomic E-state index is 12.9. The maximum atomic E-state index is 12.9. The molecule has 1 heterocycles. The van der Waals surface area contributed by atoms with Crippen molar-refractivity contribution >= 4 is 15.7 Å². The third kappa shape index (κ3) is 3.05. The smallest absolute Gasteiger partial charge is 0.233 e. The van der Waals surface area contributed by atoms with E-state index in [4.69, 9.17) is 4.42 Å². The number of hydrogen-bond acceptors (Lipinski definition) is 5. The van der Waals surface area contributed by atoms with Crippen LogP contribution < -0.4 is 5.32 Å². The molecule has 0 fully saturated rings. The van der Waals surface area contributed by atoms with Crippen LogP contribution >= 0.6 is 0 Å². The second-order valence-electron chi connectivity index (χ2n) is 5.37. The molecule has 6 heteroatoms. The Labute approximate surface area is 141 Å². The fraction of sp³-hybridized carbons (Fsp3) is 0.167. The van der Waals surface area contributed by atoms with Crippen LogP contribution in [0.5, 0.6) is 0 Å². The fourth-order valence-electron chi connectivity index (χ4n) is 2.37. The lowest BCUT2D eigenvalue weighted by atomic mass is 10.1. The van der Waals surface area contributed by atoms with E-state index >= 15 is 0 Å². The zero-order valence-electron chi connectivity index (χ0n) is 13.5. The van der Waals surface area contributed by atoms with Crippen LogP contribution in [0, 0.1) is 6.92 Å². The lowest BCUT2D eigenvalue weighted by molar-refractivity contribution is 0.578. The molecule has 3 aromatic rings. The van der Waals surface area contributed by atoms with Gasteiger partial charge in [-0.2, -0.15) is 4.98 Å². The van der Waals surface area contributed by atoms with Crippen LogP contribution in [-0.2, 0) is 9.84 Å². The highest BCUT2D eigenvalue weighted by atomic mass is 32.2. The standard InChI is InChI=1S/C18H18N2O3S/c1-3-19-17-18(24(21,22)15-10-5-4-6-11-15)20-16(23-17)14-9-7-8-13(2)12-14/h4-12,19H,3H2,1-2H3. The van der Waals surface area contributed by atoms with Gasteiger partial charge in [0.2, 0.25) is 26.6 Å². The van der Waals surface area contributed by atoms with Crippen LogP contribution in [0.2, 0.25) is 0 Å². The number of nitrogens with one attached hydrogen (secondary N) is 1. The van der Waals surface area contributed by atoms with Gasteiger partial charge in [-0.15, -0.1) is 0 Å². The van der Waals surface area contributed by atoms with Gasteiger partial charge in [-0.25, -0.2) is 8.42 Å². The number of oxazole rings is 1. The minimum Gasteiger partial charge on any atom is -0.419 e. The Balaban J connectivity index is 2.14.